The second-order valence-corrected chi connectivity index (χ2v) is 9.88. The first kappa shape index (κ1) is 22.4. The van der Waals surface area contributed by atoms with E-state index in [1.54, 1.807) is 18.9 Å². The van der Waals surface area contributed by atoms with Crippen LogP contribution in [0.3, 0.4) is 0 Å². The van der Waals surface area contributed by atoms with Gasteiger partial charge in [-0.1, -0.05) is 29.5 Å². The molecule has 0 fully saturated rings. The fourth-order valence-corrected chi connectivity index (χ4v) is 5.48. The number of aryl methyl sites for hydroxylation is 2. The minimum absolute atomic E-state index is 0.0726. The van der Waals surface area contributed by atoms with E-state index >= 15 is 0 Å². The summed E-state index contributed by atoms with van der Waals surface area (Å²) in [7, 11) is 1.66. The standard InChI is InChI=1S/C25H23N5O2S2/c1-15-4-6-17(7-5-15)26-23(31)12-24-27-18(13-33-24)14-34-25-29-28-22-10-16(2)20-9-8-19(32-3)11-21(20)30(22)25/h4-11,13H,12,14H2,1-3H3,(H,26,31). The molecule has 9 heteroatoms. The van der Waals surface area contributed by atoms with E-state index in [2.05, 4.69) is 37.9 Å². The molecule has 0 bridgehead atoms. The van der Waals surface area contributed by atoms with Crippen LogP contribution in [0.5, 0.6) is 5.75 Å². The van der Waals surface area contributed by atoms with Gasteiger partial charge in [-0.25, -0.2) is 4.98 Å². The summed E-state index contributed by atoms with van der Waals surface area (Å²) in [5.74, 6) is 1.35. The van der Waals surface area contributed by atoms with Crippen LogP contribution in [0.4, 0.5) is 5.69 Å². The van der Waals surface area contributed by atoms with Crippen LogP contribution in [0.15, 0.2) is 59.1 Å². The molecule has 5 rings (SSSR count). The molecule has 0 saturated heterocycles. The molecule has 0 radical (unpaired) electrons. The number of hydrogen-bond donors (Lipinski definition) is 1. The number of methoxy groups -OCH3 is 1. The number of amides is 1. The van der Waals surface area contributed by atoms with Crippen LogP contribution < -0.4 is 10.1 Å². The van der Waals surface area contributed by atoms with Crippen LogP contribution in [-0.4, -0.2) is 32.6 Å². The van der Waals surface area contributed by atoms with E-state index in [0.29, 0.717) is 5.75 Å². The number of nitrogens with zero attached hydrogens (tertiary/aromatic N) is 4. The van der Waals surface area contributed by atoms with Crippen LogP contribution in [0.2, 0.25) is 0 Å². The number of carbonyl (C=O) groups excluding carboxylic acids is 1. The highest BCUT2D eigenvalue weighted by Gasteiger charge is 2.14. The number of hydrogen-bond acceptors (Lipinski definition) is 7. The molecule has 5 aromatic rings. The van der Waals surface area contributed by atoms with Crippen molar-refractivity contribution in [3.63, 3.8) is 0 Å². The number of rotatable bonds is 7. The van der Waals surface area contributed by atoms with Gasteiger partial charge < -0.3 is 10.1 Å². The number of thiazole rings is 1. The van der Waals surface area contributed by atoms with Crippen molar-refractivity contribution < 1.29 is 9.53 Å². The third kappa shape index (κ3) is 4.62. The maximum Gasteiger partial charge on any atom is 0.231 e. The number of fused-ring (bicyclic) bond motifs is 3. The minimum Gasteiger partial charge on any atom is -0.497 e. The quantitative estimate of drug-likeness (QED) is 0.307. The van der Waals surface area contributed by atoms with E-state index < -0.39 is 0 Å². The first-order valence-corrected chi connectivity index (χ1v) is 12.6. The Hall–Kier alpha value is -3.43. The smallest absolute Gasteiger partial charge is 0.231 e. The van der Waals surface area contributed by atoms with Crippen molar-refractivity contribution in [2.45, 2.75) is 31.2 Å². The monoisotopic (exact) mass is 489 g/mol. The zero-order valence-corrected chi connectivity index (χ0v) is 20.7. The fraction of sp³-hybridized carbons (Fsp3) is 0.200. The molecular formula is C25H23N5O2S2. The predicted octanol–water partition coefficient (Wildman–Crippen LogP) is 5.44. The number of pyridine rings is 1. The van der Waals surface area contributed by atoms with E-state index in [4.69, 9.17) is 4.74 Å². The second-order valence-electron chi connectivity index (χ2n) is 8.00. The Morgan fingerprint density at radius 2 is 1.94 bits per heavy atom. The number of ether oxygens (including phenoxy) is 1. The lowest BCUT2D eigenvalue weighted by atomic mass is 10.1. The molecule has 0 aliphatic rings. The number of benzene rings is 2. The summed E-state index contributed by atoms with van der Waals surface area (Å²) >= 11 is 3.07. The number of aromatic nitrogens is 4. The van der Waals surface area contributed by atoms with Gasteiger partial charge in [-0.3, -0.25) is 9.20 Å². The molecule has 34 heavy (non-hydrogen) atoms. The Bertz CT molecular complexity index is 1490. The van der Waals surface area contributed by atoms with Gasteiger partial charge in [-0.2, -0.15) is 0 Å². The molecule has 1 N–H and O–H groups in total. The lowest BCUT2D eigenvalue weighted by Crippen LogP contribution is -2.14. The highest BCUT2D eigenvalue weighted by molar-refractivity contribution is 7.98. The summed E-state index contributed by atoms with van der Waals surface area (Å²) in [6.45, 7) is 4.09. The normalized spacial score (nSPS) is 11.3. The number of carbonyl (C=O) groups is 1. The molecule has 0 aliphatic heterocycles. The second kappa shape index (κ2) is 9.44. The molecule has 3 heterocycles. The van der Waals surface area contributed by atoms with Gasteiger partial charge in [0.15, 0.2) is 10.8 Å². The molecule has 0 saturated carbocycles. The lowest BCUT2D eigenvalue weighted by Gasteiger charge is -2.09. The highest BCUT2D eigenvalue weighted by Crippen LogP contribution is 2.30. The summed E-state index contributed by atoms with van der Waals surface area (Å²) in [5.41, 5.74) is 5.81. The Balaban J connectivity index is 1.30. The van der Waals surface area contributed by atoms with Crippen molar-refractivity contribution in [2.75, 3.05) is 12.4 Å². The van der Waals surface area contributed by atoms with Gasteiger partial charge in [0, 0.05) is 28.3 Å². The molecule has 172 valence electrons. The van der Waals surface area contributed by atoms with Crippen molar-refractivity contribution in [2.24, 2.45) is 0 Å². The summed E-state index contributed by atoms with van der Waals surface area (Å²) in [6, 6.07) is 15.8. The topological polar surface area (TPSA) is 81.4 Å². The Morgan fingerprint density at radius 3 is 2.74 bits per heavy atom. The van der Waals surface area contributed by atoms with Crippen LogP contribution >= 0.6 is 23.1 Å². The van der Waals surface area contributed by atoms with E-state index in [1.165, 1.54) is 11.3 Å². The van der Waals surface area contributed by atoms with Crippen LogP contribution in [-0.2, 0) is 17.0 Å². The number of nitrogens with one attached hydrogen (secondary N) is 1. The van der Waals surface area contributed by atoms with Crippen LogP contribution in [0.25, 0.3) is 16.6 Å². The summed E-state index contributed by atoms with van der Waals surface area (Å²) in [6.07, 6.45) is 0.251. The maximum absolute atomic E-state index is 12.4. The van der Waals surface area contributed by atoms with Gasteiger partial charge in [0.2, 0.25) is 5.91 Å². The van der Waals surface area contributed by atoms with Crippen molar-refractivity contribution >= 4 is 51.2 Å². The van der Waals surface area contributed by atoms with Gasteiger partial charge in [0.25, 0.3) is 0 Å². The Labute approximate surface area is 205 Å². The van der Waals surface area contributed by atoms with E-state index in [-0.39, 0.29) is 12.3 Å². The molecule has 7 nitrogen and oxygen atoms in total. The third-order valence-electron chi connectivity index (χ3n) is 5.47. The summed E-state index contributed by atoms with van der Waals surface area (Å²) < 4.78 is 7.49. The molecule has 0 atom stereocenters. The van der Waals surface area contributed by atoms with E-state index in [1.807, 2.05) is 54.8 Å². The molecule has 2 aromatic carbocycles. The zero-order chi connectivity index (χ0) is 23.7. The predicted molar refractivity (Wildman–Crippen MR) is 137 cm³/mol. The van der Waals surface area contributed by atoms with Gasteiger partial charge in [0.05, 0.1) is 24.7 Å². The fourth-order valence-electron chi connectivity index (χ4n) is 3.74. The Kier molecular flexibility index (Phi) is 6.21. The van der Waals surface area contributed by atoms with Crippen molar-refractivity contribution in [1.29, 1.82) is 0 Å². The first-order valence-electron chi connectivity index (χ1n) is 10.8. The molecular weight excluding hydrogens is 466 g/mol. The van der Waals surface area contributed by atoms with Crippen molar-refractivity contribution in [1.82, 2.24) is 19.6 Å². The largest absolute Gasteiger partial charge is 0.497 e. The van der Waals surface area contributed by atoms with Gasteiger partial charge >= 0.3 is 0 Å². The molecule has 0 aliphatic carbocycles. The summed E-state index contributed by atoms with van der Waals surface area (Å²) in [5, 5.41) is 16.4. The first-order chi connectivity index (χ1) is 16.5. The van der Waals surface area contributed by atoms with Gasteiger partial charge in [-0.15, -0.1) is 21.5 Å². The third-order valence-corrected chi connectivity index (χ3v) is 7.33. The molecule has 0 unspecified atom stereocenters. The Morgan fingerprint density at radius 1 is 1.12 bits per heavy atom. The van der Waals surface area contributed by atoms with E-state index in [0.717, 1.165) is 55.0 Å². The van der Waals surface area contributed by atoms with Crippen LogP contribution in [0.1, 0.15) is 21.8 Å². The van der Waals surface area contributed by atoms with Crippen molar-refractivity contribution in [3.8, 4) is 5.75 Å². The average molecular weight is 490 g/mol. The van der Waals surface area contributed by atoms with Crippen LogP contribution in [0, 0.1) is 13.8 Å². The average Bonchev–Trinajstić information content (AvgIpc) is 3.45. The zero-order valence-electron chi connectivity index (χ0n) is 19.0. The lowest BCUT2D eigenvalue weighted by molar-refractivity contribution is -0.115. The molecule has 3 aromatic heterocycles. The summed E-state index contributed by atoms with van der Waals surface area (Å²) in [4.78, 5) is 17.0. The molecule has 0 spiro atoms. The SMILES string of the molecule is COc1ccc2c(C)cc3nnc(SCc4csc(CC(=O)Nc5ccc(C)cc5)n4)n3c2c1. The highest BCUT2D eigenvalue weighted by atomic mass is 32.2. The maximum atomic E-state index is 12.4. The van der Waals surface area contributed by atoms with E-state index in [9.17, 15) is 4.79 Å². The minimum atomic E-state index is -0.0726. The van der Waals surface area contributed by atoms with Gasteiger partial charge in [-0.05, 0) is 49.7 Å². The number of thioether (sulfide) groups is 1. The van der Waals surface area contributed by atoms with Crippen molar-refractivity contribution in [3.05, 3.63) is 75.7 Å². The number of anilines is 1. The van der Waals surface area contributed by atoms with Gasteiger partial charge in [0.1, 0.15) is 10.8 Å². The molecule has 1 amide bonds.